The Balaban J connectivity index is 1.25. The zero-order valence-electron chi connectivity index (χ0n) is 16.0. The Morgan fingerprint density at radius 1 is 0.900 bits per heavy atom. The molecule has 7 nitrogen and oxygen atoms in total. The van der Waals surface area contributed by atoms with Crippen molar-refractivity contribution in [3.63, 3.8) is 0 Å². The van der Waals surface area contributed by atoms with Crippen LogP contribution in [0.1, 0.15) is 15.9 Å². The summed E-state index contributed by atoms with van der Waals surface area (Å²) >= 11 is 0. The molecule has 4 rings (SSSR count). The van der Waals surface area contributed by atoms with E-state index in [1.807, 2.05) is 30.3 Å². The third-order valence-electron chi connectivity index (χ3n) is 4.33. The van der Waals surface area contributed by atoms with E-state index in [-0.39, 0.29) is 6.79 Å². The minimum Gasteiger partial charge on any atom is -0.489 e. The van der Waals surface area contributed by atoms with Crippen LogP contribution in [-0.4, -0.2) is 25.3 Å². The van der Waals surface area contributed by atoms with E-state index in [1.165, 1.54) is 0 Å². The fraction of sp³-hybridized carbons (Fsp3) is 0.130. The maximum absolute atomic E-state index is 12.2. The van der Waals surface area contributed by atoms with Gasteiger partial charge in [0.05, 0.1) is 5.56 Å². The topological polar surface area (TPSA) is 83.1 Å². The van der Waals surface area contributed by atoms with Gasteiger partial charge in [-0.15, -0.1) is 0 Å². The summed E-state index contributed by atoms with van der Waals surface area (Å²) in [6.45, 7) is 0.185. The van der Waals surface area contributed by atoms with Crippen molar-refractivity contribution in [3.05, 3.63) is 83.9 Å². The zero-order chi connectivity index (χ0) is 20.8. The highest BCUT2D eigenvalue weighted by molar-refractivity contribution is 5.95. The van der Waals surface area contributed by atoms with E-state index in [0.717, 1.165) is 5.56 Å². The van der Waals surface area contributed by atoms with Gasteiger partial charge in [0.1, 0.15) is 12.4 Å². The minimum atomic E-state index is -0.592. The Bertz CT molecular complexity index is 1030. The number of anilines is 1. The van der Waals surface area contributed by atoms with Crippen LogP contribution < -0.4 is 19.5 Å². The van der Waals surface area contributed by atoms with E-state index in [0.29, 0.717) is 35.1 Å². The maximum atomic E-state index is 12.2. The Hall–Kier alpha value is -4.00. The molecule has 1 aliphatic heterocycles. The van der Waals surface area contributed by atoms with Gasteiger partial charge in [0.2, 0.25) is 6.79 Å². The summed E-state index contributed by atoms with van der Waals surface area (Å²) in [5.41, 5.74) is 1.91. The first-order chi connectivity index (χ1) is 14.7. The van der Waals surface area contributed by atoms with Crippen molar-refractivity contribution in [1.29, 1.82) is 0 Å². The van der Waals surface area contributed by atoms with Gasteiger partial charge < -0.3 is 24.3 Å². The summed E-state index contributed by atoms with van der Waals surface area (Å²) in [5, 5.41) is 2.65. The molecule has 1 N–H and O–H groups in total. The molecule has 0 saturated heterocycles. The second kappa shape index (κ2) is 9.00. The highest BCUT2D eigenvalue weighted by atomic mass is 16.7. The molecule has 3 aromatic carbocycles. The Kier molecular flexibility index (Phi) is 5.80. The lowest BCUT2D eigenvalue weighted by Crippen LogP contribution is -2.20. The average Bonchev–Trinajstić information content (AvgIpc) is 3.25. The highest BCUT2D eigenvalue weighted by Crippen LogP contribution is 2.34. The first-order valence-corrected chi connectivity index (χ1v) is 9.31. The summed E-state index contributed by atoms with van der Waals surface area (Å²) in [5.74, 6) is 0.765. The third kappa shape index (κ3) is 4.88. The standard InChI is InChI=1S/C23H19NO6/c25-22(24-18-8-11-20-21(12-18)30-15-29-20)14-28-23(26)17-6-9-19(10-7-17)27-13-16-4-2-1-3-5-16/h1-12H,13-15H2,(H,24,25). The smallest absolute Gasteiger partial charge is 0.338 e. The van der Waals surface area contributed by atoms with Crippen LogP contribution in [0.25, 0.3) is 0 Å². The quantitative estimate of drug-likeness (QED) is 0.602. The molecule has 152 valence electrons. The second-order valence-electron chi connectivity index (χ2n) is 6.49. The van der Waals surface area contributed by atoms with Gasteiger partial charge in [-0.2, -0.15) is 0 Å². The number of nitrogens with one attached hydrogen (secondary N) is 1. The van der Waals surface area contributed by atoms with Crippen LogP contribution in [0.5, 0.6) is 17.2 Å². The van der Waals surface area contributed by atoms with E-state index in [4.69, 9.17) is 18.9 Å². The molecule has 0 saturated carbocycles. The van der Waals surface area contributed by atoms with Crippen molar-refractivity contribution in [2.45, 2.75) is 6.61 Å². The number of ether oxygens (including phenoxy) is 4. The molecule has 1 amide bonds. The van der Waals surface area contributed by atoms with E-state index in [9.17, 15) is 9.59 Å². The van der Waals surface area contributed by atoms with Crippen LogP contribution in [0, 0.1) is 0 Å². The molecule has 0 spiro atoms. The van der Waals surface area contributed by atoms with Gasteiger partial charge >= 0.3 is 5.97 Å². The number of carbonyl (C=O) groups is 2. The molecule has 0 fully saturated rings. The van der Waals surface area contributed by atoms with Crippen molar-refractivity contribution in [2.75, 3.05) is 18.7 Å². The summed E-state index contributed by atoms with van der Waals surface area (Å²) < 4.78 is 21.2. The lowest BCUT2D eigenvalue weighted by atomic mass is 10.2. The van der Waals surface area contributed by atoms with Gasteiger partial charge in [-0.05, 0) is 42.0 Å². The third-order valence-corrected chi connectivity index (χ3v) is 4.33. The number of hydrogen-bond acceptors (Lipinski definition) is 6. The summed E-state index contributed by atoms with van der Waals surface area (Å²) in [7, 11) is 0. The fourth-order valence-electron chi connectivity index (χ4n) is 2.81. The number of amides is 1. The van der Waals surface area contributed by atoms with Crippen molar-refractivity contribution in [3.8, 4) is 17.2 Å². The number of rotatable bonds is 7. The number of hydrogen-bond donors (Lipinski definition) is 1. The summed E-state index contributed by atoms with van der Waals surface area (Å²) in [4.78, 5) is 24.2. The predicted octanol–water partition coefficient (Wildman–Crippen LogP) is 3.79. The van der Waals surface area contributed by atoms with Gasteiger partial charge in [0.15, 0.2) is 18.1 Å². The van der Waals surface area contributed by atoms with E-state index in [2.05, 4.69) is 5.32 Å². The zero-order valence-corrected chi connectivity index (χ0v) is 16.0. The molecule has 0 aliphatic carbocycles. The molecule has 7 heteroatoms. The number of carbonyl (C=O) groups excluding carboxylic acids is 2. The normalized spacial score (nSPS) is 11.6. The summed E-state index contributed by atoms with van der Waals surface area (Å²) in [6.07, 6.45) is 0. The van der Waals surface area contributed by atoms with Gasteiger partial charge in [-0.3, -0.25) is 4.79 Å². The van der Waals surface area contributed by atoms with Crippen molar-refractivity contribution in [2.24, 2.45) is 0 Å². The number of esters is 1. The predicted molar refractivity (Wildman–Crippen MR) is 109 cm³/mol. The molecule has 30 heavy (non-hydrogen) atoms. The van der Waals surface area contributed by atoms with Crippen molar-refractivity contribution < 1.29 is 28.5 Å². The summed E-state index contributed by atoms with van der Waals surface area (Å²) in [6, 6.07) is 21.4. The molecular weight excluding hydrogens is 386 g/mol. The van der Waals surface area contributed by atoms with Gasteiger partial charge in [0.25, 0.3) is 5.91 Å². The van der Waals surface area contributed by atoms with E-state index < -0.39 is 18.5 Å². The van der Waals surface area contributed by atoms with Crippen LogP contribution in [0.15, 0.2) is 72.8 Å². The van der Waals surface area contributed by atoms with Crippen LogP contribution >= 0.6 is 0 Å². The van der Waals surface area contributed by atoms with Crippen LogP contribution in [-0.2, 0) is 16.1 Å². The molecule has 1 aliphatic rings. The average molecular weight is 405 g/mol. The Morgan fingerprint density at radius 3 is 2.47 bits per heavy atom. The SMILES string of the molecule is O=C(COC(=O)c1ccc(OCc2ccccc2)cc1)Nc1ccc2c(c1)OCO2. The Labute approximate surface area is 173 Å². The van der Waals surface area contributed by atoms with Gasteiger partial charge in [-0.25, -0.2) is 4.79 Å². The lowest BCUT2D eigenvalue weighted by Gasteiger charge is -2.09. The highest BCUT2D eigenvalue weighted by Gasteiger charge is 2.15. The maximum Gasteiger partial charge on any atom is 0.338 e. The molecule has 0 aromatic heterocycles. The molecule has 0 radical (unpaired) electrons. The van der Waals surface area contributed by atoms with Gasteiger partial charge in [0, 0.05) is 11.8 Å². The van der Waals surface area contributed by atoms with Crippen LogP contribution in [0.3, 0.4) is 0 Å². The fourth-order valence-corrected chi connectivity index (χ4v) is 2.81. The molecule has 0 unspecified atom stereocenters. The molecule has 0 bridgehead atoms. The molecular formula is C23H19NO6. The van der Waals surface area contributed by atoms with Crippen molar-refractivity contribution >= 4 is 17.6 Å². The monoisotopic (exact) mass is 405 g/mol. The van der Waals surface area contributed by atoms with E-state index in [1.54, 1.807) is 42.5 Å². The van der Waals surface area contributed by atoms with Crippen molar-refractivity contribution in [1.82, 2.24) is 0 Å². The molecule has 1 heterocycles. The molecule has 0 atom stereocenters. The van der Waals surface area contributed by atoms with Crippen LogP contribution in [0.2, 0.25) is 0 Å². The Morgan fingerprint density at radius 2 is 1.67 bits per heavy atom. The lowest BCUT2D eigenvalue weighted by molar-refractivity contribution is -0.119. The van der Waals surface area contributed by atoms with Crippen LogP contribution in [0.4, 0.5) is 5.69 Å². The van der Waals surface area contributed by atoms with E-state index >= 15 is 0 Å². The number of benzene rings is 3. The molecule has 3 aromatic rings. The minimum absolute atomic E-state index is 0.153. The second-order valence-corrected chi connectivity index (χ2v) is 6.49. The van der Waals surface area contributed by atoms with Gasteiger partial charge in [-0.1, -0.05) is 30.3 Å². The largest absolute Gasteiger partial charge is 0.489 e. The number of fused-ring (bicyclic) bond motifs is 1. The first kappa shape index (κ1) is 19.3. The first-order valence-electron chi connectivity index (χ1n) is 9.31.